The standard InChI is InChI=1S/C24H23NO5/c1-17(23(26)25-20-12-14-21(28-2)15-13-20)30-24(27)19-10-8-18(9-11-19)16-29-22-6-4-3-5-7-22/h3-15,17H,16H2,1-2H3,(H,25,26)/t17-/m1/s1. The molecular formula is C24H23NO5. The average molecular weight is 405 g/mol. The summed E-state index contributed by atoms with van der Waals surface area (Å²) in [6, 6.07) is 23.3. The maximum Gasteiger partial charge on any atom is 0.338 e. The van der Waals surface area contributed by atoms with E-state index in [0.29, 0.717) is 23.6 Å². The third-order valence-electron chi connectivity index (χ3n) is 4.35. The lowest BCUT2D eigenvalue weighted by Gasteiger charge is -2.14. The molecule has 154 valence electrons. The van der Waals surface area contributed by atoms with Crippen LogP contribution in [0.25, 0.3) is 0 Å². The van der Waals surface area contributed by atoms with Crippen LogP contribution < -0.4 is 14.8 Å². The number of amides is 1. The van der Waals surface area contributed by atoms with Crippen LogP contribution in [0.5, 0.6) is 11.5 Å². The number of carbonyl (C=O) groups is 2. The molecule has 0 aliphatic carbocycles. The first-order chi connectivity index (χ1) is 14.5. The summed E-state index contributed by atoms with van der Waals surface area (Å²) >= 11 is 0. The van der Waals surface area contributed by atoms with Crippen LogP contribution in [0.2, 0.25) is 0 Å². The molecule has 1 N–H and O–H groups in total. The molecule has 3 aromatic rings. The number of hydrogen-bond acceptors (Lipinski definition) is 5. The smallest absolute Gasteiger partial charge is 0.338 e. The van der Waals surface area contributed by atoms with Gasteiger partial charge in [-0.05, 0) is 61.0 Å². The molecule has 6 heteroatoms. The molecule has 30 heavy (non-hydrogen) atoms. The van der Waals surface area contributed by atoms with Crippen molar-refractivity contribution in [1.29, 1.82) is 0 Å². The van der Waals surface area contributed by atoms with Crippen LogP contribution in [0.4, 0.5) is 5.69 Å². The molecule has 0 aliphatic heterocycles. The van der Waals surface area contributed by atoms with Crippen molar-refractivity contribution in [1.82, 2.24) is 0 Å². The fourth-order valence-electron chi connectivity index (χ4n) is 2.62. The van der Waals surface area contributed by atoms with Crippen LogP contribution in [0.15, 0.2) is 78.9 Å². The van der Waals surface area contributed by atoms with Crippen molar-refractivity contribution in [2.45, 2.75) is 19.6 Å². The molecule has 0 fully saturated rings. The van der Waals surface area contributed by atoms with Gasteiger partial charge in [0.15, 0.2) is 6.10 Å². The van der Waals surface area contributed by atoms with E-state index in [9.17, 15) is 9.59 Å². The van der Waals surface area contributed by atoms with Crippen molar-refractivity contribution in [3.63, 3.8) is 0 Å². The minimum atomic E-state index is -0.944. The Kier molecular flexibility index (Phi) is 7.05. The van der Waals surface area contributed by atoms with Crippen LogP contribution in [-0.2, 0) is 16.1 Å². The Hall–Kier alpha value is -3.80. The van der Waals surface area contributed by atoms with Gasteiger partial charge in [0, 0.05) is 5.69 Å². The van der Waals surface area contributed by atoms with Gasteiger partial charge in [-0.15, -0.1) is 0 Å². The highest BCUT2D eigenvalue weighted by Crippen LogP contribution is 2.16. The van der Waals surface area contributed by atoms with Gasteiger partial charge in [-0.3, -0.25) is 4.79 Å². The first-order valence-corrected chi connectivity index (χ1v) is 9.48. The molecule has 3 aromatic carbocycles. The van der Waals surface area contributed by atoms with Crippen molar-refractivity contribution in [3.05, 3.63) is 90.0 Å². The second kappa shape index (κ2) is 10.1. The number of benzene rings is 3. The molecule has 6 nitrogen and oxygen atoms in total. The summed E-state index contributed by atoms with van der Waals surface area (Å²) in [4.78, 5) is 24.6. The number of carbonyl (C=O) groups excluding carboxylic acids is 2. The summed E-state index contributed by atoms with van der Waals surface area (Å²) in [5.74, 6) is 0.479. The Balaban J connectivity index is 1.50. The lowest BCUT2D eigenvalue weighted by atomic mass is 10.1. The summed E-state index contributed by atoms with van der Waals surface area (Å²) in [7, 11) is 1.57. The summed E-state index contributed by atoms with van der Waals surface area (Å²) in [5, 5.41) is 2.70. The SMILES string of the molecule is COc1ccc(NC(=O)[C@@H](C)OC(=O)c2ccc(COc3ccccc3)cc2)cc1. The highest BCUT2D eigenvalue weighted by atomic mass is 16.5. The molecule has 0 saturated carbocycles. The average Bonchev–Trinajstić information content (AvgIpc) is 2.79. The predicted octanol–water partition coefficient (Wildman–Crippen LogP) is 4.46. The van der Waals surface area contributed by atoms with Crippen molar-refractivity contribution >= 4 is 17.6 Å². The summed E-state index contributed by atoms with van der Waals surface area (Å²) in [6.45, 7) is 1.92. The van der Waals surface area contributed by atoms with E-state index < -0.39 is 18.0 Å². The third kappa shape index (κ3) is 5.85. The van der Waals surface area contributed by atoms with Gasteiger partial charge in [-0.2, -0.15) is 0 Å². The topological polar surface area (TPSA) is 73.9 Å². The second-order valence-corrected chi connectivity index (χ2v) is 6.56. The van der Waals surface area contributed by atoms with Crippen molar-refractivity contribution in [2.75, 3.05) is 12.4 Å². The van der Waals surface area contributed by atoms with Gasteiger partial charge in [0.25, 0.3) is 5.91 Å². The predicted molar refractivity (Wildman–Crippen MR) is 114 cm³/mol. The molecule has 0 aliphatic rings. The lowest BCUT2D eigenvalue weighted by molar-refractivity contribution is -0.123. The molecule has 0 radical (unpaired) electrons. The molecule has 0 bridgehead atoms. The van der Waals surface area contributed by atoms with E-state index in [2.05, 4.69) is 5.32 Å². The molecule has 0 heterocycles. The number of anilines is 1. The quantitative estimate of drug-likeness (QED) is 0.560. The third-order valence-corrected chi connectivity index (χ3v) is 4.35. The molecule has 0 spiro atoms. The molecule has 3 rings (SSSR count). The van der Waals surface area contributed by atoms with Crippen molar-refractivity contribution in [2.24, 2.45) is 0 Å². The Morgan fingerprint density at radius 3 is 2.17 bits per heavy atom. The van der Waals surface area contributed by atoms with Gasteiger partial charge in [0.1, 0.15) is 18.1 Å². The normalized spacial score (nSPS) is 11.3. The number of methoxy groups -OCH3 is 1. The molecule has 1 amide bonds. The Labute approximate surface area is 175 Å². The number of esters is 1. The number of ether oxygens (including phenoxy) is 3. The number of nitrogens with one attached hydrogen (secondary N) is 1. The van der Waals surface area contributed by atoms with E-state index in [1.165, 1.54) is 6.92 Å². The van der Waals surface area contributed by atoms with Gasteiger partial charge >= 0.3 is 5.97 Å². The number of hydrogen-bond donors (Lipinski definition) is 1. The minimum absolute atomic E-state index is 0.363. The van der Waals surface area contributed by atoms with E-state index in [0.717, 1.165) is 11.3 Å². The lowest BCUT2D eigenvalue weighted by Crippen LogP contribution is -2.30. The first-order valence-electron chi connectivity index (χ1n) is 9.48. The Morgan fingerprint density at radius 1 is 0.867 bits per heavy atom. The fourth-order valence-corrected chi connectivity index (χ4v) is 2.62. The largest absolute Gasteiger partial charge is 0.497 e. The van der Waals surface area contributed by atoms with E-state index in [-0.39, 0.29) is 0 Å². The van der Waals surface area contributed by atoms with E-state index >= 15 is 0 Å². The van der Waals surface area contributed by atoms with Gasteiger partial charge in [-0.25, -0.2) is 4.79 Å². The molecule has 0 unspecified atom stereocenters. The van der Waals surface area contributed by atoms with Gasteiger partial charge in [0.2, 0.25) is 0 Å². The maximum absolute atomic E-state index is 12.3. The monoisotopic (exact) mass is 405 g/mol. The fraction of sp³-hybridized carbons (Fsp3) is 0.167. The first kappa shape index (κ1) is 20.9. The van der Waals surface area contributed by atoms with E-state index in [1.54, 1.807) is 55.6 Å². The number of rotatable bonds is 8. The highest BCUT2D eigenvalue weighted by molar-refractivity contribution is 5.97. The minimum Gasteiger partial charge on any atom is -0.497 e. The summed E-state index contributed by atoms with van der Waals surface area (Å²) < 4.78 is 16.0. The molecule has 0 aromatic heterocycles. The Bertz CT molecular complexity index is 969. The zero-order valence-electron chi connectivity index (χ0n) is 16.8. The Morgan fingerprint density at radius 2 is 1.53 bits per heavy atom. The summed E-state index contributed by atoms with van der Waals surface area (Å²) in [5.41, 5.74) is 1.87. The van der Waals surface area contributed by atoms with Gasteiger partial charge in [0.05, 0.1) is 12.7 Å². The molecule has 1 atom stereocenters. The summed E-state index contributed by atoms with van der Waals surface area (Å²) in [6.07, 6.45) is -0.944. The number of para-hydroxylation sites is 1. The van der Waals surface area contributed by atoms with Crippen LogP contribution in [0.3, 0.4) is 0 Å². The zero-order chi connectivity index (χ0) is 21.3. The van der Waals surface area contributed by atoms with Crippen LogP contribution in [-0.4, -0.2) is 25.1 Å². The second-order valence-electron chi connectivity index (χ2n) is 6.56. The molecular weight excluding hydrogens is 382 g/mol. The van der Waals surface area contributed by atoms with E-state index in [1.807, 2.05) is 30.3 Å². The van der Waals surface area contributed by atoms with Crippen LogP contribution in [0, 0.1) is 0 Å². The maximum atomic E-state index is 12.3. The van der Waals surface area contributed by atoms with Crippen molar-refractivity contribution in [3.8, 4) is 11.5 Å². The van der Waals surface area contributed by atoms with Crippen molar-refractivity contribution < 1.29 is 23.8 Å². The highest BCUT2D eigenvalue weighted by Gasteiger charge is 2.19. The van der Waals surface area contributed by atoms with Crippen LogP contribution >= 0.6 is 0 Å². The van der Waals surface area contributed by atoms with Crippen LogP contribution in [0.1, 0.15) is 22.8 Å². The zero-order valence-corrected chi connectivity index (χ0v) is 16.8. The van der Waals surface area contributed by atoms with Gasteiger partial charge in [-0.1, -0.05) is 30.3 Å². The van der Waals surface area contributed by atoms with E-state index in [4.69, 9.17) is 14.2 Å². The van der Waals surface area contributed by atoms with Gasteiger partial charge < -0.3 is 19.5 Å². The molecule has 0 saturated heterocycles.